The molecule has 5 heteroatoms. The highest BCUT2D eigenvalue weighted by Crippen LogP contribution is 2.25. The molecule has 0 spiro atoms. The van der Waals surface area contributed by atoms with Crippen LogP contribution in [0.25, 0.3) is 10.9 Å². The highest BCUT2D eigenvalue weighted by molar-refractivity contribution is 5.83. The summed E-state index contributed by atoms with van der Waals surface area (Å²) < 4.78 is 27.0. The van der Waals surface area contributed by atoms with Crippen LogP contribution in [0.2, 0.25) is 0 Å². The number of benzene rings is 1. The molecule has 2 heterocycles. The van der Waals surface area contributed by atoms with E-state index < -0.39 is 17.2 Å². The number of likely N-dealkylation sites (tertiary alicyclic amines) is 1. The lowest BCUT2D eigenvalue weighted by Gasteiger charge is -2.18. The zero-order valence-electron chi connectivity index (χ0n) is 11.4. The van der Waals surface area contributed by atoms with Crippen LogP contribution in [-0.4, -0.2) is 40.2 Å². The minimum Gasteiger partial charge on any atom is -0.389 e. The van der Waals surface area contributed by atoms with Gasteiger partial charge in [0.25, 0.3) is 0 Å². The van der Waals surface area contributed by atoms with Gasteiger partial charge in [-0.3, -0.25) is 0 Å². The summed E-state index contributed by atoms with van der Waals surface area (Å²) in [6.45, 7) is 4.10. The first-order valence-corrected chi connectivity index (χ1v) is 6.84. The van der Waals surface area contributed by atoms with Crippen molar-refractivity contribution in [1.82, 2.24) is 9.88 Å². The highest BCUT2D eigenvalue weighted by Gasteiger charge is 2.30. The summed E-state index contributed by atoms with van der Waals surface area (Å²) in [5.41, 5.74) is 0.726. The van der Waals surface area contributed by atoms with Crippen LogP contribution in [0, 0.1) is 11.6 Å². The molecular formula is C15H18F2N2O. The fraction of sp³-hybridized carbons (Fsp3) is 0.467. The molecule has 1 saturated heterocycles. The number of halogens is 2. The number of H-pyrrole nitrogens is 1. The Labute approximate surface area is 116 Å². The van der Waals surface area contributed by atoms with Crippen molar-refractivity contribution in [3.8, 4) is 0 Å². The maximum atomic E-state index is 13.9. The molecule has 3 rings (SSSR count). The summed E-state index contributed by atoms with van der Waals surface area (Å²) >= 11 is 0. The molecule has 0 amide bonds. The van der Waals surface area contributed by atoms with Crippen LogP contribution in [0.3, 0.4) is 0 Å². The van der Waals surface area contributed by atoms with Crippen molar-refractivity contribution in [1.29, 1.82) is 0 Å². The number of hydrogen-bond donors (Lipinski definition) is 2. The molecule has 20 heavy (non-hydrogen) atoms. The molecule has 2 aromatic rings. The number of fused-ring (bicyclic) bond motifs is 1. The Hall–Kier alpha value is -1.46. The Kier molecular flexibility index (Phi) is 3.26. The van der Waals surface area contributed by atoms with Gasteiger partial charge in [-0.05, 0) is 31.4 Å². The third-order valence-corrected chi connectivity index (χ3v) is 4.01. The van der Waals surface area contributed by atoms with Crippen molar-refractivity contribution in [2.24, 2.45) is 0 Å². The van der Waals surface area contributed by atoms with E-state index in [4.69, 9.17) is 0 Å². The average Bonchev–Trinajstić information content (AvgIpc) is 2.90. The molecule has 0 aliphatic carbocycles. The standard InChI is InChI=1S/C15H18F2N2O/c1-15(20)3-5-19(9-15)4-2-10-8-18-13-7-11(16)6-12(17)14(10)13/h6-8,18,20H,2-5,9H2,1H3. The molecule has 1 atom stereocenters. The highest BCUT2D eigenvalue weighted by atomic mass is 19.1. The molecule has 1 aromatic heterocycles. The Morgan fingerprint density at radius 3 is 2.90 bits per heavy atom. The molecule has 2 N–H and O–H groups in total. The summed E-state index contributed by atoms with van der Waals surface area (Å²) in [6.07, 6.45) is 3.18. The van der Waals surface area contributed by atoms with Gasteiger partial charge in [-0.25, -0.2) is 8.78 Å². The van der Waals surface area contributed by atoms with E-state index in [-0.39, 0.29) is 0 Å². The lowest BCUT2D eigenvalue weighted by atomic mass is 10.1. The van der Waals surface area contributed by atoms with Crippen LogP contribution < -0.4 is 0 Å². The van der Waals surface area contributed by atoms with Gasteiger partial charge in [0.05, 0.1) is 11.1 Å². The van der Waals surface area contributed by atoms with Crippen LogP contribution in [0.4, 0.5) is 8.78 Å². The minimum absolute atomic E-state index is 0.470. The molecule has 1 fully saturated rings. The topological polar surface area (TPSA) is 39.3 Å². The number of aliphatic hydroxyl groups is 1. The third kappa shape index (κ3) is 2.55. The van der Waals surface area contributed by atoms with E-state index in [9.17, 15) is 13.9 Å². The van der Waals surface area contributed by atoms with Crippen molar-refractivity contribution in [2.75, 3.05) is 19.6 Å². The van der Waals surface area contributed by atoms with Crippen LogP contribution in [0.5, 0.6) is 0 Å². The average molecular weight is 280 g/mol. The van der Waals surface area contributed by atoms with E-state index in [0.717, 1.165) is 31.1 Å². The van der Waals surface area contributed by atoms with Crippen LogP contribution >= 0.6 is 0 Å². The molecule has 108 valence electrons. The SMILES string of the molecule is CC1(O)CCN(CCc2c[nH]c3cc(F)cc(F)c23)C1. The Morgan fingerprint density at radius 1 is 1.40 bits per heavy atom. The third-order valence-electron chi connectivity index (χ3n) is 4.01. The first-order valence-electron chi connectivity index (χ1n) is 6.84. The van der Waals surface area contributed by atoms with Gasteiger partial charge in [-0.1, -0.05) is 0 Å². The Bertz CT molecular complexity index is 636. The van der Waals surface area contributed by atoms with Gasteiger partial charge in [0.15, 0.2) is 0 Å². The first-order chi connectivity index (χ1) is 9.44. The second kappa shape index (κ2) is 4.82. The predicted octanol–water partition coefficient (Wildman–Crippen LogP) is 2.45. The summed E-state index contributed by atoms with van der Waals surface area (Å²) in [6, 6.07) is 2.23. The summed E-state index contributed by atoms with van der Waals surface area (Å²) in [4.78, 5) is 5.08. The molecule has 1 aliphatic heterocycles. The molecule has 0 radical (unpaired) electrons. The van der Waals surface area contributed by atoms with E-state index in [1.54, 1.807) is 6.20 Å². The summed E-state index contributed by atoms with van der Waals surface area (Å²) in [5, 5.41) is 10.4. The number of β-amino-alcohol motifs (C(OH)–C–C–N with tert-alkyl or cyclic N) is 1. The van der Waals surface area contributed by atoms with Crippen molar-refractivity contribution >= 4 is 10.9 Å². The molecule has 0 saturated carbocycles. The predicted molar refractivity (Wildman–Crippen MR) is 73.6 cm³/mol. The number of nitrogens with one attached hydrogen (secondary N) is 1. The number of nitrogens with zero attached hydrogens (tertiary/aromatic N) is 1. The van der Waals surface area contributed by atoms with Gasteiger partial charge >= 0.3 is 0 Å². The van der Waals surface area contributed by atoms with Gasteiger partial charge < -0.3 is 15.0 Å². The van der Waals surface area contributed by atoms with Crippen molar-refractivity contribution in [2.45, 2.75) is 25.4 Å². The molecule has 1 aromatic carbocycles. The monoisotopic (exact) mass is 280 g/mol. The van der Waals surface area contributed by atoms with E-state index in [0.29, 0.717) is 23.9 Å². The van der Waals surface area contributed by atoms with Crippen LogP contribution in [0.1, 0.15) is 18.9 Å². The van der Waals surface area contributed by atoms with E-state index in [1.807, 2.05) is 6.92 Å². The minimum atomic E-state index is -0.616. The number of aromatic amines is 1. The van der Waals surface area contributed by atoms with E-state index in [1.165, 1.54) is 6.07 Å². The molecule has 1 unspecified atom stereocenters. The zero-order valence-corrected chi connectivity index (χ0v) is 11.4. The number of aromatic nitrogens is 1. The second-order valence-corrected chi connectivity index (χ2v) is 5.90. The van der Waals surface area contributed by atoms with Crippen molar-refractivity contribution < 1.29 is 13.9 Å². The fourth-order valence-electron chi connectivity index (χ4n) is 2.96. The Balaban J connectivity index is 1.75. The van der Waals surface area contributed by atoms with E-state index in [2.05, 4.69) is 9.88 Å². The van der Waals surface area contributed by atoms with Crippen molar-refractivity contribution in [3.05, 3.63) is 35.5 Å². The van der Waals surface area contributed by atoms with Gasteiger partial charge in [0.2, 0.25) is 0 Å². The van der Waals surface area contributed by atoms with Gasteiger partial charge in [-0.15, -0.1) is 0 Å². The van der Waals surface area contributed by atoms with Gasteiger partial charge in [-0.2, -0.15) is 0 Å². The molecule has 0 bridgehead atoms. The molecular weight excluding hydrogens is 262 g/mol. The smallest absolute Gasteiger partial charge is 0.135 e. The normalized spacial score (nSPS) is 23.8. The van der Waals surface area contributed by atoms with Crippen molar-refractivity contribution in [3.63, 3.8) is 0 Å². The fourth-order valence-corrected chi connectivity index (χ4v) is 2.96. The lowest BCUT2D eigenvalue weighted by molar-refractivity contribution is 0.0690. The Morgan fingerprint density at radius 2 is 2.20 bits per heavy atom. The summed E-state index contributed by atoms with van der Waals surface area (Å²) in [7, 11) is 0. The first kappa shape index (κ1) is 13.5. The quantitative estimate of drug-likeness (QED) is 0.906. The maximum absolute atomic E-state index is 13.9. The molecule has 1 aliphatic rings. The van der Waals surface area contributed by atoms with E-state index >= 15 is 0 Å². The summed E-state index contributed by atoms with van der Waals surface area (Å²) in [5.74, 6) is -1.09. The van der Waals surface area contributed by atoms with Crippen LogP contribution in [-0.2, 0) is 6.42 Å². The lowest BCUT2D eigenvalue weighted by Crippen LogP contribution is -2.30. The zero-order chi connectivity index (χ0) is 14.3. The van der Waals surface area contributed by atoms with Gasteiger partial charge in [0, 0.05) is 37.3 Å². The number of rotatable bonds is 3. The number of hydrogen-bond acceptors (Lipinski definition) is 2. The maximum Gasteiger partial charge on any atom is 0.135 e. The largest absolute Gasteiger partial charge is 0.389 e. The van der Waals surface area contributed by atoms with Gasteiger partial charge in [0.1, 0.15) is 11.6 Å². The van der Waals surface area contributed by atoms with Crippen LogP contribution in [0.15, 0.2) is 18.3 Å². The molecule has 3 nitrogen and oxygen atoms in total. The second-order valence-electron chi connectivity index (χ2n) is 5.90.